The van der Waals surface area contributed by atoms with Crippen molar-refractivity contribution in [3.63, 3.8) is 0 Å². The van der Waals surface area contributed by atoms with E-state index in [1.54, 1.807) is 12.2 Å². The van der Waals surface area contributed by atoms with Crippen molar-refractivity contribution in [2.24, 2.45) is 5.41 Å². The van der Waals surface area contributed by atoms with Gasteiger partial charge in [-0.05, 0) is 37.2 Å². The molecule has 0 aromatic rings. The molecule has 0 saturated heterocycles. The summed E-state index contributed by atoms with van der Waals surface area (Å²) in [6.07, 6.45) is 7.15. The Bertz CT molecular complexity index is 269. The van der Waals surface area contributed by atoms with Crippen LogP contribution in [0.3, 0.4) is 0 Å². The molecule has 1 rings (SSSR count). The second kappa shape index (κ2) is 5.00. The van der Waals surface area contributed by atoms with Crippen molar-refractivity contribution in [3.05, 3.63) is 12.2 Å². The Morgan fingerprint density at radius 1 is 1.31 bits per heavy atom. The lowest BCUT2D eigenvalue weighted by molar-refractivity contribution is -0.139. The molecule has 0 heterocycles. The van der Waals surface area contributed by atoms with Gasteiger partial charge < -0.3 is 9.84 Å². The van der Waals surface area contributed by atoms with Crippen LogP contribution in [-0.2, 0) is 9.53 Å². The van der Waals surface area contributed by atoms with E-state index in [9.17, 15) is 9.90 Å². The number of rotatable bonds is 3. The van der Waals surface area contributed by atoms with Gasteiger partial charge >= 0.3 is 5.97 Å². The second-order valence-corrected chi connectivity index (χ2v) is 5.47. The highest BCUT2D eigenvalue weighted by atomic mass is 16.5. The van der Waals surface area contributed by atoms with E-state index in [4.69, 9.17) is 4.74 Å². The van der Waals surface area contributed by atoms with Crippen molar-refractivity contribution in [2.45, 2.75) is 52.1 Å². The summed E-state index contributed by atoms with van der Waals surface area (Å²) < 4.78 is 4.78. The first kappa shape index (κ1) is 13.2. The van der Waals surface area contributed by atoms with Crippen LogP contribution in [0.5, 0.6) is 0 Å². The zero-order chi connectivity index (χ0) is 12.2. The predicted molar refractivity (Wildman–Crippen MR) is 63.0 cm³/mol. The molecular formula is C13H22O3. The third-order valence-corrected chi connectivity index (χ3v) is 3.28. The normalized spacial score (nSPS) is 23.2. The molecule has 3 heteroatoms. The van der Waals surface area contributed by atoms with E-state index in [2.05, 4.69) is 13.8 Å². The van der Waals surface area contributed by atoms with E-state index in [-0.39, 0.29) is 12.6 Å². The van der Waals surface area contributed by atoms with Gasteiger partial charge in [0.1, 0.15) is 6.61 Å². The largest absolute Gasteiger partial charge is 0.462 e. The molecule has 1 aliphatic carbocycles. The van der Waals surface area contributed by atoms with Crippen LogP contribution < -0.4 is 0 Å². The predicted octanol–water partition coefficient (Wildman–Crippen LogP) is 2.44. The summed E-state index contributed by atoms with van der Waals surface area (Å²) in [4.78, 5) is 10.5. The topological polar surface area (TPSA) is 46.5 Å². The molecule has 0 spiro atoms. The zero-order valence-corrected chi connectivity index (χ0v) is 10.5. The molecule has 3 nitrogen and oxygen atoms in total. The number of esters is 1. The van der Waals surface area contributed by atoms with Gasteiger partial charge in [0.2, 0.25) is 0 Å². The summed E-state index contributed by atoms with van der Waals surface area (Å²) in [5.41, 5.74) is -0.356. The van der Waals surface area contributed by atoms with E-state index in [0.717, 1.165) is 25.7 Å². The molecule has 92 valence electrons. The van der Waals surface area contributed by atoms with Gasteiger partial charge in [0.25, 0.3) is 0 Å². The fourth-order valence-electron chi connectivity index (χ4n) is 1.96. The van der Waals surface area contributed by atoms with Gasteiger partial charge in [-0.3, -0.25) is 4.79 Å². The van der Waals surface area contributed by atoms with Gasteiger partial charge in [0, 0.05) is 6.92 Å². The van der Waals surface area contributed by atoms with Crippen molar-refractivity contribution in [3.8, 4) is 0 Å². The molecule has 0 aromatic carbocycles. The number of hydrogen-bond donors (Lipinski definition) is 1. The van der Waals surface area contributed by atoms with E-state index < -0.39 is 5.60 Å². The lowest BCUT2D eigenvalue weighted by Gasteiger charge is -2.38. The Morgan fingerprint density at radius 2 is 1.88 bits per heavy atom. The lowest BCUT2D eigenvalue weighted by atomic mass is 9.71. The maximum atomic E-state index is 10.5. The Morgan fingerprint density at radius 3 is 2.38 bits per heavy atom. The SMILES string of the molecule is CC(=O)OCC=CC1(O)CCC(C)(C)CC1. The number of hydrogen-bond acceptors (Lipinski definition) is 3. The molecule has 1 N–H and O–H groups in total. The zero-order valence-electron chi connectivity index (χ0n) is 10.5. The van der Waals surface area contributed by atoms with Crippen LogP contribution >= 0.6 is 0 Å². The highest BCUT2D eigenvalue weighted by molar-refractivity contribution is 5.65. The molecular weight excluding hydrogens is 204 g/mol. The lowest BCUT2D eigenvalue weighted by Crippen LogP contribution is -2.35. The minimum absolute atomic E-state index is 0.251. The molecule has 0 unspecified atom stereocenters. The molecule has 1 fully saturated rings. The maximum Gasteiger partial charge on any atom is 0.302 e. The Kier molecular flexibility index (Phi) is 4.14. The minimum Gasteiger partial charge on any atom is -0.462 e. The summed E-state index contributed by atoms with van der Waals surface area (Å²) >= 11 is 0. The van der Waals surface area contributed by atoms with Crippen molar-refractivity contribution < 1.29 is 14.6 Å². The number of carbonyl (C=O) groups is 1. The summed E-state index contributed by atoms with van der Waals surface area (Å²) in [5.74, 6) is -0.290. The molecule has 0 amide bonds. The summed E-state index contributed by atoms with van der Waals surface area (Å²) in [6.45, 7) is 6.09. The maximum absolute atomic E-state index is 10.5. The average molecular weight is 226 g/mol. The Labute approximate surface area is 97.5 Å². The van der Waals surface area contributed by atoms with Crippen LogP contribution in [0.15, 0.2) is 12.2 Å². The van der Waals surface area contributed by atoms with Crippen LogP contribution in [0.25, 0.3) is 0 Å². The summed E-state index contributed by atoms with van der Waals surface area (Å²) in [6, 6.07) is 0. The highest BCUT2D eigenvalue weighted by Gasteiger charge is 2.34. The van der Waals surface area contributed by atoms with Crippen molar-refractivity contribution >= 4 is 5.97 Å². The van der Waals surface area contributed by atoms with E-state index in [1.807, 2.05) is 0 Å². The molecule has 16 heavy (non-hydrogen) atoms. The number of carbonyl (C=O) groups excluding carboxylic acids is 1. The smallest absolute Gasteiger partial charge is 0.302 e. The van der Waals surface area contributed by atoms with E-state index in [1.165, 1.54) is 6.92 Å². The Hall–Kier alpha value is -0.830. The van der Waals surface area contributed by atoms with Crippen molar-refractivity contribution in [1.29, 1.82) is 0 Å². The standard InChI is InChI=1S/C13H22O3/c1-11(14)16-10-4-5-13(15)8-6-12(2,3)7-9-13/h4-5,15H,6-10H2,1-3H3. The van der Waals surface area contributed by atoms with Gasteiger partial charge in [-0.1, -0.05) is 19.9 Å². The molecule has 1 saturated carbocycles. The molecule has 1 aliphatic rings. The van der Waals surface area contributed by atoms with Gasteiger partial charge in [-0.2, -0.15) is 0 Å². The Balaban J connectivity index is 2.39. The van der Waals surface area contributed by atoms with Crippen molar-refractivity contribution in [2.75, 3.05) is 6.61 Å². The third kappa shape index (κ3) is 4.35. The number of ether oxygens (including phenoxy) is 1. The van der Waals surface area contributed by atoms with Gasteiger partial charge in [0.15, 0.2) is 0 Å². The average Bonchev–Trinajstić information content (AvgIpc) is 2.18. The van der Waals surface area contributed by atoms with Crippen LogP contribution in [0.2, 0.25) is 0 Å². The van der Waals surface area contributed by atoms with Crippen LogP contribution in [0.1, 0.15) is 46.5 Å². The summed E-state index contributed by atoms with van der Waals surface area (Å²) in [7, 11) is 0. The fraction of sp³-hybridized carbons (Fsp3) is 0.769. The first-order valence-corrected chi connectivity index (χ1v) is 5.87. The molecule has 0 radical (unpaired) electrons. The monoisotopic (exact) mass is 226 g/mol. The van der Waals surface area contributed by atoms with Crippen LogP contribution in [0, 0.1) is 5.41 Å². The molecule has 0 bridgehead atoms. The van der Waals surface area contributed by atoms with Gasteiger partial charge in [-0.25, -0.2) is 0 Å². The third-order valence-electron chi connectivity index (χ3n) is 3.28. The van der Waals surface area contributed by atoms with Gasteiger partial charge in [0.05, 0.1) is 5.60 Å². The van der Waals surface area contributed by atoms with E-state index >= 15 is 0 Å². The quantitative estimate of drug-likeness (QED) is 0.594. The molecule has 0 aromatic heterocycles. The second-order valence-electron chi connectivity index (χ2n) is 5.47. The van der Waals surface area contributed by atoms with Crippen LogP contribution in [0.4, 0.5) is 0 Å². The van der Waals surface area contributed by atoms with Crippen molar-refractivity contribution in [1.82, 2.24) is 0 Å². The minimum atomic E-state index is -0.699. The highest BCUT2D eigenvalue weighted by Crippen LogP contribution is 2.40. The summed E-state index contributed by atoms with van der Waals surface area (Å²) in [5, 5.41) is 10.2. The molecule has 0 aliphatic heterocycles. The fourth-order valence-corrected chi connectivity index (χ4v) is 1.96. The number of aliphatic hydroxyl groups is 1. The van der Waals surface area contributed by atoms with Gasteiger partial charge in [-0.15, -0.1) is 0 Å². The van der Waals surface area contributed by atoms with E-state index in [0.29, 0.717) is 5.41 Å². The first-order chi connectivity index (χ1) is 7.33. The van der Waals surface area contributed by atoms with Crippen LogP contribution in [-0.4, -0.2) is 23.3 Å². The molecule has 0 atom stereocenters. The first-order valence-electron chi connectivity index (χ1n) is 5.87.